The lowest BCUT2D eigenvalue weighted by molar-refractivity contribution is -0.0226. The van der Waals surface area contributed by atoms with Crippen LogP contribution < -0.4 is 5.32 Å². The maximum absolute atomic E-state index is 12.2. The van der Waals surface area contributed by atoms with E-state index >= 15 is 0 Å². The highest BCUT2D eigenvalue weighted by atomic mass is 16.5. The summed E-state index contributed by atoms with van der Waals surface area (Å²) in [5, 5.41) is 7.23. The third-order valence-corrected chi connectivity index (χ3v) is 3.88. The summed E-state index contributed by atoms with van der Waals surface area (Å²) in [7, 11) is 2.10. The molecule has 0 bridgehead atoms. The summed E-state index contributed by atoms with van der Waals surface area (Å²) in [6.45, 7) is 8.22. The highest BCUT2D eigenvalue weighted by Crippen LogP contribution is 2.09. The summed E-state index contributed by atoms with van der Waals surface area (Å²) in [5.41, 5.74) is 1.60. The zero-order valence-corrected chi connectivity index (χ0v) is 13.3. The minimum Gasteiger partial charge on any atom is -0.375 e. The van der Waals surface area contributed by atoms with Crippen molar-refractivity contribution in [2.24, 2.45) is 0 Å². The molecule has 6 heteroatoms. The Balaban J connectivity index is 1.79. The fraction of sp³-hybridized carbons (Fsp3) is 0.733. The number of carbonyl (C=O) groups is 1. The molecule has 6 nitrogen and oxygen atoms in total. The van der Waals surface area contributed by atoms with E-state index in [0.717, 1.165) is 44.8 Å². The second kappa shape index (κ2) is 7.56. The SMILES string of the molecule is CCCn1ncc(C(=O)NCCC2CN(C)CCO2)c1C. The van der Waals surface area contributed by atoms with E-state index < -0.39 is 0 Å². The number of rotatable bonds is 6. The molecule has 0 aromatic carbocycles. The first-order valence-corrected chi connectivity index (χ1v) is 7.72. The number of morpholine rings is 1. The number of likely N-dealkylation sites (N-methyl/N-ethyl adjacent to an activating group) is 1. The fourth-order valence-electron chi connectivity index (χ4n) is 2.59. The zero-order valence-electron chi connectivity index (χ0n) is 13.3. The highest BCUT2D eigenvalue weighted by Gasteiger charge is 2.18. The Morgan fingerprint density at radius 3 is 3.10 bits per heavy atom. The van der Waals surface area contributed by atoms with Crippen molar-refractivity contribution in [1.29, 1.82) is 0 Å². The number of nitrogens with one attached hydrogen (secondary N) is 1. The smallest absolute Gasteiger partial charge is 0.254 e. The van der Waals surface area contributed by atoms with Gasteiger partial charge in [0.1, 0.15) is 0 Å². The van der Waals surface area contributed by atoms with Gasteiger partial charge in [0.15, 0.2) is 0 Å². The zero-order chi connectivity index (χ0) is 15.2. The van der Waals surface area contributed by atoms with E-state index in [1.54, 1.807) is 6.20 Å². The lowest BCUT2D eigenvalue weighted by Gasteiger charge is -2.30. The Morgan fingerprint density at radius 1 is 1.57 bits per heavy atom. The average molecular weight is 294 g/mol. The van der Waals surface area contributed by atoms with Crippen molar-refractivity contribution in [1.82, 2.24) is 20.0 Å². The first-order valence-electron chi connectivity index (χ1n) is 7.72. The van der Waals surface area contributed by atoms with Gasteiger partial charge in [-0.15, -0.1) is 0 Å². The van der Waals surface area contributed by atoms with E-state index in [2.05, 4.69) is 29.3 Å². The summed E-state index contributed by atoms with van der Waals surface area (Å²) in [6, 6.07) is 0. The Hall–Kier alpha value is -1.40. The maximum Gasteiger partial charge on any atom is 0.254 e. The monoisotopic (exact) mass is 294 g/mol. The van der Waals surface area contributed by atoms with Crippen LogP contribution >= 0.6 is 0 Å². The van der Waals surface area contributed by atoms with Crippen molar-refractivity contribution < 1.29 is 9.53 Å². The molecule has 1 atom stereocenters. The molecule has 1 fully saturated rings. The number of carbonyl (C=O) groups excluding carboxylic acids is 1. The molecule has 1 N–H and O–H groups in total. The van der Waals surface area contributed by atoms with Crippen molar-refractivity contribution in [2.45, 2.75) is 39.3 Å². The molecular weight excluding hydrogens is 268 g/mol. The van der Waals surface area contributed by atoms with Gasteiger partial charge in [-0.2, -0.15) is 5.10 Å². The molecule has 0 spiro atoms. The van der Waals surface area contributed by atoms with Crippen LogP contribution in [0.4, 0.5) is 0 Å². The predicted octanol–water partition coefficient (Wildman–Crippen LogP) is 1.05. The maximum atomic E-state index is 12.2. The molecule has 118 valence electrons. The molecule has 1 saturated heterocycles. The van der Waals surface area contributed by atoms with Crippen LogP contribution in [0.2, 0.25) is 0 Å². The van der Waals surface area contributed by atoms with Crippen LogP contribution in [-0.2, 0) is 11.3 Å². The summed E-state index contributed by atoms with van der Waals surface area (Å²) < 4.78 is 7.57. The Morgan fingerprint density at radius 2 is 2.38 bits per heavy atom. The molecule has 1 unspecified atom stereocenters. The Bertz CT molecular complexity index is 472. The number of ether oxygens (including phenoxy) is 1. The van der Waals surface area contributed by atoms with Crippen LogP contribution in [0.5, 0.6) is 0 Å². The van der Waals surface area contributed by atoms with Crippen molar-refractivity contribution in [3.63, 3.8) is 0 Å². The molecule has 21 heavy (non-hydrogen) atoms. The molecule has 1 aliphatic rings. The lowest BCUT2D eigenvalue weighted by atomic mass is 10.2. The minimum atomic E-state index is -0.0426. The van der Waals surface area contributed by atoms with Gasteiger partial charge < -0.3 is 15.0 Å². The Kier molecular flexibility index (Phi) is 5.76. The third-order valence-electron chi connectivity index (χ3n) is 3.88. The van der Waals surface area contributed by atoms with Crippen LogP contribution in [0.1, 0.15) is 35.8 Å². The van der Waals surface area contributed by atoms with E-state index in [4.69, 9.17) is 4.74 Å². The van der Waals surface area contributed by atoms with Crippen LogP contribution in [-0.4, -0.2) is 60.0 Å². The van der Waals surface area contributed by atoms with E-state index in [1.165, 1.54) is 0 Å². The number of hydrogen-bond donors (Lipinski definition) is 1. The summed E-state index contributed by atoms with van der Waals surface area (Å²) in [5.74, 6) is -0.0426. The van der Waals surface area contributed by atoms with Crippen LogP contribution in [0.3, 0.4) is 0 Å². The fourth-order valence-corrected chi connectivity index (χ4v) is 2.59. The quantitative estimate of drug-likeness (QED) is 0.852. The van der Waals surface area contributed by atoms with Gasteiger partial charge in [0.05, 0.1) is 24.5 Å². The molecule has 2 heterocycles. The second-order valence-electron chi connectivity index (χ2n) is 5.67. The van der Waals surface area contributed by atoms with Gasteiger partial charge in [-0.1, -0.05) is 6.92 Å². The minimum absolute atomic E-state index is 0.0426. The van der Waals surface area contributed by atoms with Gasteiger partial charge in [0.2, 0.25) is 0 Å². The molecular formula is C15H26N4O2. The van der Waals surface area contributed by atoms with Gasteiger partial charge in [-0.3, -0.25) is 9.48 Å². The molecule has 2 rings (SSSR count). The van der Waals surface area contributed by atoms with Gasteiger partial charge in [0.25, 0.3) is 5.91 Å². The molecule has 0 radical (unpaired) electrons. The van der Waals surface area contributed by atoms with Gasteiger partial charge >= 0.3 is 0 Å². The molecule has 0 saturated carbocycles. The van der Waals surface area contributed by atoms with Gasteiger partial charge in [-0.25, -0.2) is 0 Å². The summed E-state index contributed by atoms with van der Waals surface area (Å²) in [4.78, 5) is 14.4. The molecule has 1 aromatic rings. The van der Waals surface area contributed by atoms with Crippen LogP contribution in [0, 0.1) is 6.92 Å². The molecule has 0 aliphatic carbocycles. The first kappa shape index (κ1) is 16.0. The Labute approximate surface area is 126 Å². The number of hydrogen-bond acceptors (Lipinski definition) is 4. The van der Waals surface area contributed by atoms with Crippen LogP contribution in [0.25, 0.3) is 0 Å². The largest absolute Gasteiger partial charge is 0.375 e. The summed E-state index contributed by atoms with van der Waals surface area (Å²) in [6.07, 6.45) is 3.73. The number of nitrogens with zero attached hydrogens (tertiary/aromatic N) is 3. The lowest BCUT2D eigenvalue weighted by Crippen LogP contribution is -2.41. The summed E-state index contributed by atoms with van der Waals surface area (Å²) >= 11 is 0. The van der Waals surface area contributed by atoms with Gasteiger partial charge in [-0.05, 0) is 26.8 Å². The average Bonchev–Trinajstić information content (AvgIpc) is 2.81. The van der Waals surface area contributed by atoms with E-state index in [9.17, 15) is 4.79 Å². The number of amides is 1. The predicted molar refractivity (Wildman–Crippen MR) is 81.4 cm³/mol. The normalized spacial score (nSPS) is 19.7. The molecule has 1 aromatic heterocycles. The standard InChI is InChI=1S/C15H26N4O2/c1-4-7-19-12(2)14(10-17-19)15(20)16-6-5-13-11-18(3)8-9-21-13/h10,13H,4-9,11H2,1-3H3,(H,16,20). The van der Waals surface area contributed by atoms with Gasteiger partial charge in [0, 0.05) is 31.9 Å². The molecule has 1 aliphatic heterocycles. The molecule has 1 amide bonds. The van der Waals surface area contributed by atoms with Crippen molar-refractivity contribution in [2.75, 3.05) is 33.3 Å². The second-order valence-corrected chi connectivity index (χ2v) is 5.67. The van der Waals surface area contributed by atoms with Crippen LogP contribution in [0.15, 0.2) is 6.20 Å². The number of aromatic nitrogens is 2. The topological polar surface area (TPSA) is 59.4 Å². The number of aryl methyl sites for hydroxylation is 1. The first-order chi connectivity index (χ1) is 10.1. The van der Waals surface area contributed by atoms with E-state index in [1.807, 2.05) is 11.6 Å². The van der Waals surface area contributed by atoms with E-state index in [-0.39, 0.29) is 12.0 Å². The highest BCUT2D eigenvalue weighted by molar-refractivity contribution is 5.94. The van der Waals surface area contributed by atoms with Crippen molar-refractivity contribution in [3.05, 3.63) is 17.5 Å². The van der Waals surface area contributed by atoms with Crippen molar-refractivity contribution in [3.8, 4) is 0 Å². The van der Waals surface area contributed by atoms with E-state index in [0.29, 0.717) is 12.1 Å². The van der Waals surface area contributed by atoms with Crippen molar-refractivity contribution >= 4 is 5.91 Å². The third kappa shape index (κ3) is 4.28.